The van der Waals surface area contributed by atoms with Crippen LogP contribution in [0.5, 0.6) is 0 Å². The van der Waals surface area contributed by atoms with Crippen LogP contribution in [0.3, 0.4) is 0 Å². The van der Waals surface area contributed by atoms with Crippen LogP contribution in [0.1, 0.15) is 17.0 Å². The highest BCUT2D eigenvalue weighted by atomic mass is 32.1. The Morgan fingerprint density at radius 2 is 1.42 bits per heavy atom. The minimum absolute atomic E-state index is 0.657. The van der Waals surface area contributed by atoms with Crippen molar-refractivity contribution in [3.05, 3.63) is 53.3 Å². The molecule has 0 radical (unpaired) electrons. The van der Waals surface area contributed by atoms with Gasteiger partial charge in [0.15, 0.2) is 7.51 Å². The molecule has 0 N–H and O–H groups in total. The van der Waals surface area contributed by atoms with Crippen molar-refractivity contribution in [2.45, 2.75) is 13.8 Å². The van der Waals surface area contributed by atoms with Gasteiger partial charge in [-0.05, 0) is 74.3 Å². The summed E-state index contributed by atoms with van der Waals surface area (Å²) < 4.78 is 13.9. The molecule has 1 aromatic heterocycles. The van der Waals surface area contributed by atoms with E-state index in [9.17, 15) is 0 Å². The number of para-hydroxylation sites is 1. The molecule has 5 nitrogen and oxygen atoms in total. The molecule has 0 spiro atoms. The fraction of sp³-hybridized carbons (Fsp3) is 0.421. The fourth-order valence-corrected chi connectivity index (χ4v) is 7.04. The van der Waals surface area contributed by atoms with Crippen molar-refractivity contribution in [2.24, 2.45) is 4.74 Å². The lowest BCUT2D eigenvalue weighted by molar-refractivity contribution is 0.475. The molecule has 0 bridgehead atoms. The van der Waals surface area contributed by atoms with Gasteiger partial charge in [0.25, 0.3) is 0 Å². The Morgan fingerprint density at radius 3 is 1.88 bits per heavy atom. The van der Waals surface area contributed by atoms with Crippen LogP contribution in [0.2, 0.25) is 0 Å². The Labute approximate surface area is 163 Å². The van der Waals surface area contributed by atoms with E-state index in [1.54, 1.807) is 0 Å². The Morgan fingerprint density at radius 1 is 0.923 bits per heavy atom. The van der Waals surface area contributed by atoms with Crippen LogP contribution in [0.25, 0.3) is 5.69 Å². The van der Waals surface area contributed by atoms with Gasteiger partial charge in [-0.3, -0.25) is 14.0 Å². The largest absolute Gasteiger partial charge is 0.318 e. The van der Waals surface area contributed by atoms with Crippen LogP contribution >= 0.6 is 19.7 Å². The molecule has 1 heterocycles. The third kappa shape index (κ3) is 3.71. The lowest BCUT2D eigenvalue weighted by Crippen LogP contribution is -2.31. The second kappa shape index (κ2) is 8.15. The monoisotopic (exact) mass is 391 g/mol. The van der Waals surface area contributed by atoms with E-state index in [0.717, 1.165) is 22.6 Å². The van der Waals surface area contributed by atoms with Gasteiger partial charge < -0.3 is 4.57 Å². The van der Waals surface area contributed by atoms with E-state index in [1.807, 2.05) is 6.07 Å². The Bertz CT molecular complexity index is 809. The van der Waals surface area contributed by atoms with Crippen molar-refractivity contribution in [1.29, 1.82) is 0 Å². The molecule has 0 atom stereocenters. The zero-order valence-corrected chi connectivity index (χ0v) is 18.8. The van der Waals surface area contributed by atoms with Crippen LogP contribution in [0, 0.1) is 13.8 Å². The van der Waals surface area contributed by atoms with E-state index in [1.165, 1.54) is 0 Å². The maximum Gasteiger partial charge on any atom is 0.172 e. The first-order valence-corrected chi connectivity index (χ1v) is 10.6. The van der Waals surface area contributed by atoms with Gasteiger partial charge in [0.2, 0.25) is 0 Å². The fourth-order valence-electron chi connectivity index (χ4n) is 3.47. The van der Waals surface area contributed by atoms with E-state index < -0.39 is 7.51 Å². The predicted octanol–water partition coefficient (Wildman–Crippen LogP) is 4.40. The number of aromatic nitrogens is 1. The highest BCUT2D eigenvalue weighted by Crippen LogP contribution is 2.55. The van der Waals surface area contributed by atoms with Gasteiger partial charge in [-0.25, -0.2) is 4.74 Å². The average molecular weight is 392 g/mol. The summed E-state index contributed by atoms with van der Waals surface area (Å²) in [5, 5.41) is 0. The molecule has 0 aliphatic heterocycles. The van der Waals surface area contributed by atoms with E-state index in [4.69, 9.17) is 17.0 Å². The molecule has 26 heavy (non-hydrogen) atoms. The summed E-state index contributed by atoms with van der Waals surface area (Å²) >= 11 is 5.80. The summed E-state index contributed by atoms with van der Waals surface area (Å²) in [6.07, 6.45) is 0. The molecular formula is C19H30N5PS. The van der Waals surface area contributed by atoms with Crippen molar-refractivity contribution >= 4 is 24.7 Å². The highest BCUT2D eigenvalue weighted by molar-refractivity contribution is 7.81. The summed E-state index contributed by atoms with van der Waals surface area (Å²) in [6.45, 7) is 4.22. The molecule has 2 aromatic rings. The molecule has 2 rings (SSSR count). The third-order valence-corrected chi connectivity index (χ3v) is 8.65. The van der Waals surface area contributed by atoms with Crippen LogP contribution in [-0.4, -0.2) is 65.9 Å². The van der Waals surface area contributed by atoms with Crippen molar-refractivity contribution in [3.63, 3.8) is 0 Å². The van der Waals surface area contributed by atoms with Gasteiger partial charge >= 0.3 is 0 Å². The molecule has 1 aromatic carbocycles. The molecule has 0 saturated carbocycles. The first-order chi connectivity index (χ1) is 12.1. The van der Waals surface area contributed by atoms with Crippen molar-refractivity contribution < 1.29 is 0 Å². The van der Waals surface area contributed by atoms with Crippen LogP contribution < -0.4 is 0 Å². The average Bonchev–Trinajstić information content (AvgIpc) is 2.86. The zero-order chi connectivity index (χ0) is 19.6. The van der Waals surface area contributed by atoms with E-state index in [-0.39, 0.29) is 0 Å². The maximum absolute atomic E-state index is 5.80. The summed E-state index contributed by atoms with van der Waals surface area (Å²) in [7, 11) is 10.3. The second-order valence-corrected chi connectivity index (χ2v) is 11.0. The molecule has 0 amide bonds. The van der Waals surface area contributed by atoms with Crippen molar-refractivity contribution in [2.75, 3.05) is 42.3 Å². The summed E-state index contributed by atoms with van der Waals surface area (Å²) in [5.41, 5.74) is 4.45. The molecular weight excluding hydrogens is 361 g/mol. The Hall–Kier alpha value is -1.30. The van der Waals surface area contributed by atoms with Gasteiger partial charge in [-0.1, -0.05) is 30.4 Å². The molecule has 7 heteroatoms. The lowest BCUT2D eigenvalue weighted by atomic mass is 10.2. The molecule has 0 unspecified atom stereocenters. The van der Waals surface area contributed by atoms with Crippen molar-refractivity contribution in [3.8, 4) is 5.69 Å². The van der Waals surface area contributed by atoms with Gasteiger partial charge in [0.1, 0.15) is 4.99 Å². The molecule has 0 saturated heterocycles. The zero-order valence-electron chi connectivity index (χ0n) is 17.1. The van der Waals surface area contributed by atoms with Gasteiger partial charge in [-0.2, -0.15) is 0 Å². The topological polar surface area (TPSA) is 27.0 Å². The molecule has 0 fully saturated rings. The predicted molar refractivity (Wildman–Crippen MR) is 117 cm³/mol. The number of hydrogen-bond donors (Lipinski definition) is 0. The summed E-state index contributed by atoms with van der Waals surface area (Å²) in [4.78, 5) is 0.657. The first kappa shape index (κ1) is 21.0. The molecule has 0 aliphatic rings. The smallest absolute Gasteiger partial charge is 0.172 e. The van der Waals surface area contributed by atoms with Gasteiger partial charge in [-0.15, -0.1) is 0 Å². The normalized spacial score (nSPS) is 12.3. The first-order valence-electron chi connectivity index (χ1n) is 8.57. The number of nitrogens with zero attached hydrogens (tertiary/aromatic N) is 5. The number of hydrogen-bond acceptors (Lipinski definition) is 1. The number of rotatable bonds is 5. The Kier molecular flexibility index (Phi) is 6.59. The SMILES string of the molecule is Cc1cc(C(=S)N=P(N(C)C)(N(C)C)N(C)C)c(C)n1-c1ccccc1. The summed E-state index contributed by atoms with van der Waals surface area (Å²) in [5.74, 6) is 0. The minimum atomic E-state index is -2.06. The van der Waals surface area contributed by atoms with Crippen LogP contribution in [-0.2, 0) is 0 Å². The number of aryl methyl sites for hydroxylation is 1. The highest BCUT2D eigenvalue weighted by Gasteiger charge is 2.29. The summed E-state index contributed by atoms with van der Waals surface area (Å²) in [6, 6.07) is 12.5. The quantitative estimate of drug-likeness (QED) is 0.558. The minimum Gasteiger partial charge on any atom is -0.318 e. The Balaban J connectivity index is 2.61. The van der Waals surface area contributed by atoms with Gasteiger partial charge in [0, 0.05) is 22.6 Å². The number of thiocarbonyl (C=S) groups is 1. The van der Waals surface area contributed by atoms with Crippen LogP contribution in [0.4, 0.5) is 0 Å². The molecule has 142 valence electrons. The van der Waals surface area contributed by atoms with E-state index in [0.29, 0.717) is 4.99 Å². The van der Waals surface area contributed by atoms with Crippen molar-refractivity contribution in [1.82, 2.24) is 18.6 Å². The lowest BCUT2D eigenvalue weighted by Gasteiger charge is -2.40. The van der Waals surface area contributed by atoms with E-state index >= 15 is 0 Å². The standard InChI is InChI=1S/C19H30N5PS/c1-15-14-18(16(2)24(15)17-12-10-9-11-13-17)19(26)20-25(21(3)4,22(5)6)23(7)8/h9-14H,1-8H3. The second-order valence-electron chi connectivity index (χ2n) is 6.94. The number of benzene rings is 1. The maximum atomic E-state index is 5.80. The van der Waals surface area contributed by atoms with Crippen LogP contribution in [0.15, 0.2) is 41.1 Å². The van der Waals surface area contributed by atoms with E-state index in [2.05, 4.69) is 105 Å². The van der Waals surface area contributed by atoms with Gasteiger partial charge in [0.05, 0.1) is 0 Å². The third-order valence-electron chi connectivity index (χ3n) is 4.51. The molecule has 0 aliphatic carbocycles.